The Morgan fingerprint density at radius 1 is 1.03 bits per heavy atom. The molecule has 0 aliphatic carbocycles. The van der Waals surface area contributed by atoms with Crippen LogP contribution in [0, 0.1) is 6.92 Å². The van der Waals surface area contributed by atoms with Crippen molar-refractivity contribution in [3.8, 4) is 10.6 Å². The molecule has 0 atom stereocenters. The molecule has 0 fully saturated rings. The third-order valence-corrected chi connectivity index (χ3v) is 5.71. The van der Waals surface area contributed by atoms with Gasteiger partial charge in [-0.1, -0.05) is 17.4 Å². The second-order valence-corrected chi connectivity index (χ2v) is 7.93. The summed E-state index contributed by atoms with van der Waals surface area (Å²) in [6.07, 6.45) is 3.60. The number of rotatable bonds is 6. The Balaban J connectivity index is 1.54. The van der Waals surface area contributed by atoms with E-state index >= 15 is 0 Å². The number of ketones is 1. The number of nitrogens with one attached hydrogen (secondary N) is 1. The van der Waals surface area contributed by atoms with Crippen LogP contribution in [0.25, 0.3) is 10.6 Å². The number of anilines is 4. The third kappa shape index (κ3) is 4.36. The Bertz CT molecular complexity index is 1190. The van der Waals surface area contributed by atoms with Gasteiger partial charge in [0.1, 0.15) is 11.6 Å². The van der Waals surface area contributed by atoms with Gasteiger partial charge >= 0.3 is 0 Å². The predicted molar refractivity (Wildman–Crippen MR) is 122 cm³/mol. The van der Waals surface area contributed by atoms with Gasteiger partial charge in [0.25, 0.3) is 0 Å². The maximum Gasteiger partial charge on any atom is 0.190 e. The minimum Gasteiger partial charge on any atom is -0.325 e. The molecule has 0 spiro atoms. The topological polar surface area (TPSA) is 71.0 Å². The summed E-state index contributed by atoms with van der Waals surface area (Å²) in [7, 11) is 1.96. The summed E-state index contributed by atoms with van der Waals surface area (Å²) >= 11 is 1.56. The average Bonchev–Trinajstić information content (AvgIpc) is 3.24. The molecule has 30 heavy (non-hydrogen) atoms. The van der Waals surface area contributed by atoms with E-state index in [1.807, 2.05) is 79.7 Å². The number of pyridine rings is 2. The molecule has 0 bridgehead atoms. The molecule has 3 heterocycles. The first-order valence-electron chi connectivity index (χ1n) is 9.47. The van der Waals surface area contributed by atoms with E-state index < -0.39 is 0 Å². The number of benzene rings is 1. The monoisotopic (exact) mass is 415 g/mol. The van der Waals surface area contributed by atoms with Crippen molar-refractivity contribution in [3.05, 3.63) is 78.1 Å². The summed E-state index contributed by atoms with van der Waals surface area (Å²) in [5.41, 5.74) is 3.64. The largest absolute Gasteiger partial charge is 0.325 e. The zero-order chi connectivity index (χ0) is 21.1. The molecule has 0 saturated carbocycles. The number of aryl methyl sites for hydroxylation is 1. The van der Waals surface area contributed by atoms with Gasteiger partial charge in [-0.2, -0.15) is 0 Å². The van der Waals surface area contributed by atoms with Crippen molar-refractivity contribution < 1.29 is 4.79 Å². The lowest BCUT2D eigenvalue weighted by Crippen LogP contribution is -2.08. The van der Waals surface area contributed by atoms with Crippen molar-refractivity contribution in [2.45, 2.75) is 13.8 Å². The summed E-state index contributed by atoms with van der Waals surface area (Å²) in [6.45, 7) is 3.59. The van der Waals surface area contributed by atoms with Crippen LogP contribution in [0.15, 0.2) is 67.0 Å². The zero-order valence-electron chi connectivity index (χ0n) is 17.0. The number of aromatic nitrogens is 3. The van der Waals surface area contributed by atoms with E-state index in [1.54, 1.807) is 24.5 Å². The molecule has 4 aromatic rings. The second kappa shape index (κ2) is 8.42. The fourth-order valence-corrected chi connectivity index (χ4v) is 3.81. The Labute approximate surface area is 179 Å². The van der Waals surface area contributed by atoms with Gasteiger partial charge in [-0.25, -0.2) is 15.0 Å². The SMILES string of the molecule is CC(=O)c1ccc(N(C)c2ncc(-c3cccc(Nc4cc(C)ccn4)n3)s2)cc1. The summed E-state index contributed by atoms with van der Waals surface area (Å²) in [5, 5.41) is 4.10. The average molecular weight is 416 g/mol. The summed E-state index contributed by atoms with van der Waals surface area (Å²) < 4.78 is 0. The molecular weight excluding hydrogens is 394 g/mol. The lowest BCUT2D eigenvalue weighted by Gasteiger charge is -2.15. The van der Waals surface area contributed by atoms with E-state index in [0.717, 1.165) is 38.6 Å². The van der Waals surface area contributed by atoms with Crippen molar-refractivity contribution >= 4 is 39.6 Å². The van der Waals surface area contributed by atoms with E-state index in [0.29, 0.717) is 5.56 Å². The van der Waals surface area contributed by atoms with Crippen LogP contribution in [0.1, 0.15) is 22.8 Å². The highest BCUT2D eigenvalue weighted by molar-refractivity contribution is 7.18. The highest BCUT2D eigenvalue weighted by Gasteiger charge is 2.12. The van der Waals surface area contributed by atoms with Crippen molar-refractivity contribution in [3.63, 3.8) is 0 Å². The Kier molecular flexibility index (Phi) is 5.54. The van der Waals surface area contributed by atoms with E-state index in [9.17, 15) is 4.79 Å². The van der Waals surface area contributed by atoms with Crippen LogP contribution in [0.4, 0.5) is 22.5 Å². The van der Waals surface area contributed by atoms with Crippen LogP contribution >= 0.6 is 11.3 Å². The lowest BCUT2D eigenvalue weighted by molar-refractivity contribution is 0.101. The van der Waals surface area contributed by atoms with Crippen LogP contribution in [0.5, 0.6) is 0 Å². The van der Waals surface area contributed by atoms with Crippen molar-refractivity contribution in [2.75, 3.05) is 17.3 Å². The van der Waals surface area contributed by atoms with Crippen molar-refractivity contribution in [2.24, 2.45) is 0 Å². The van der Waals surface area contributed by atoms with Crippen LogP contribution < -0.4 is 10.2 Å². The molecule has 1 N–H and O–H groups in total. The molecule has 0 unspecified atom stereocenters. The molecule has 0 aliphatic heterocycles. The van der Waals surface area contributed by atoms with E-state index in [2.05, 4.69) is 15.3 Å². The van der Waals surface area contributed by atoms with Gasteiger partial charge in [0.15, 0.2) is 10.9 Å². The fraction of sp³-hybridized carbons (Fsp3) is 0.130. The van der Waals surface area contributed by atoms with Gasteiger partial charge in [-0.15, -0.1) is 0 Å². The summed E-state index contributed by atoms with van der Waals surface area (Å²) in [5.74, 6) is 1.55. The molecule has 3 aromatic heterocycles. The molecule has 0 saturated heterocycles. The van der Waals surface area contributed by atoms with E-state index in [-0.39, 0.29) is 5.78 Å². The molecule has 7 heteroatoms. The molecule has 150 valence electrons. The maximum atomic E-state index is 11.5. The molecule has 0 amide bonds. The smallest absolute Gasteiger partial charge is 0.190 e. The number of carbonyl (C=O) groups excluding carboxylic acids is 1. The van der Waals surface area contributed by atoms with Crippen molar-refractivity contribution in [1.82, 2.24) is 15.0 Å². The fourth-order valence-electron chi connectivity index (χ4n) is 2.95. The number of Topliss-reactive ketones (excluding diaryl/α,β-unsaturated/α-hetero) is 1. The lowest BCUT2D eigenvalue weighted by atomic mass is 10.1. The Morgan fingerprint density at radius 2 is 1.83 bits per heavy atom. The number of hydrogen-bond donors (Lipinski definition) is 1. The minimum atomic E-state index is 0.0566. The van der Waals surface area contributed by atoms with Crippen LogP contribution in [-0.2, 0) is 0 Å². The number of hydrogen-bond acceptors (Lipinski definition) is 7. The van der Waals surface area contributed by atoms with Crippen LogP contribution in [0.3, 0.4) is 0 Å². The number of carbonyl (C=O) groups is 1. The molecule has 4 rings (SSSR count). The second-order valence-electron chi connectivity index (χ2n) is 6.92. The van der Waals surface area contributed by atoms with Crippen LogP contribution in [-0.4, -0.2) is 27.8 Å². The Hall–Kier alpha value is -3.58. The van der Waals surface area contributed by atoms with Crippen molar-refractivity contribution in [1.29, 1.82) is 0 Å². The van der Waals surface area contributed by atoms with Gasteiger partial charge < -0.3 is 10.2 Å². The Morgan fingerprint density at radius 3 is 2.57 bits per heavy atom. The zero-order valence-corrected chi connectivity index (χ0v) is 17.8. The third-order valence-electron chi connectivity index (χ3n) is 4.61. The molecule has 0 radical (unpaired) electrons. The highest BCUT2D eigenvalue weighted by Crippen LogP contribution is 2.33. The van der Waals surface area contributed by atoms with Crippen LogP contribution in [0.2, 0.25) is 0 Å². The van der Waals surface area contributed by atoms with Gasteiger partial charge in [-0.3, -0.25) is 4.79 Å². The van der Waals surface area contributed by atoms with Gasteiger partial charge in [-0.05, 0) is 67.9 Å². The number of nitrogens with zero attached hydrogens (tertiary/aromatic N) is 4. The van der Waals surface area contributed by atoms with Gasteiger partial charge in [0, 0.05) is 30.7 Å². The first-order valence-corrected chi connectivity index (χ1v) is 10.3. The summed E-state index contributed by atoms with van der Waals surface area (Å²) in [6, 6.07) is 17.3. The molecule has 1 aromatic carbocycles. The normalized spacial score (nSPS) is 10.6. The van der Waals surface area contributed by atoms with Gasteiger partial charge in [0.2, 0.25) is 0 Å². The molecule has 0 aliphatic rings. The van der Waals surface area contributed by atoms with E-state index in [4.69, 9.17) is 4.98 Å². The minimum absolute atomic E-state index is 0.0566. The number of thiazole rings is 1. The molecular formula is C23H21N5OS. The summed E-state index contributed by atoms with van der Waals surface area (Å²) in [4.78, 5) is 28.0. The maximum absolute atomic E-state index is 11.5. The first-order chi connectivity index (χ1) is 14.5. The first kappa shape index (κ1) is 19.7. The highest BCUT2D eigenvalue weighted by atomic mass is 32.1. The predicted octanol–water partition coefficient (Wildman–Crippen LogP) is 5.62. The van der Waals surface area contributed by atoms with Gasteiger partial charge in [0.05, 0.1) is 10.6 Å². The van der Waals surface area contributed by atoms with E-state index in [1.165, 1.54) is 0 Å². The standard InChI is InChI=1S/C23H21N5OS/c1-15-11-12-24-22(13-15)27-21-6-4-5-19(26-21)20-14-25-23(30-20)28(3)18-9-7-17(8-10-18)16(2)29/h4-14H,1-3H3,(H,24,26,27). The molecule has 6 nitrogen and oxygen atoms in total. The quantitative estimate of drug-likeness (QED) is 0.412.